The minimum absolute atomic E-state index is 0.696. The monoisotopic (exact) mass is 238 g/mol. The molecule has 0 spiro atoms. The smallest absolute Gasteiger partial charge is 0.205 e. The van der Waals surface area contributed by atoms with Crippen molar-refractivity contribution in [2.45, 2.75) is 0 Å². The molecule has 0 amide bonds. The third-order valence-corrected chi connectivity index (χ3v) is 2.52. The van der Waals surface area contributed by atoms with Gasteiger partial charge in [-0.15, -0.1) is 0 Å². The van der Waals surface area contributed by atoms with Gasteiger partial charge in [-0.2, -0.15) is 0 Å². The van der Waals surface area contributed by atoms with Gasteiger partial charge in [-0.05, 0) is 18.2 Å². The van der Waals surface area contributed by atoms with E-state index < -0.39 is 0 Å². The van der Waals surface area contributed by atoms with E-state index in [0.29, 0.717) is 5.95 Å². The molecule has 0 aliphatic carbocycles. The molecule has 5 nitrogen and oxygen atoms in total. The summed E-state index contributed by atoms with van der Waals surface area (Å²) >= 11 is 0. The molecule has 0 fully saturated rings. The molecule has 0 saturated carbocycles. The first-order chi connectivity index (χ1) is 8.92. The van der Waals surface area contributed by atoms with Crippen LogP contribution in [0.5, 0.6) is 0 Å². The Labute approximate surface area is 104 Å². The maximum absolute atomic E-state index is 4.28. The average Bonchev–Trinajstić information content (AvgIpc) is 2.89. The summed E-state index contributed by atoms with van der Waals surface area (Å²) in [6.45, 7) is 0. The van der Waals surface area contributed by atoms with E-state index in [4.69, 9.17) is 0 Å². The van der Waals surface area contributed by atoms with Gasteiger partial charge in [0, 0.05) is 12.3 Å². The first-order valence-electron chi connectivity index (χ1n) is 5.60. The molecule has 5 heteroatoms. The van der Waals surface area contributed by atoms with Gasteiger partial charge >= 0.3 is 0 Å². The zero-order chi connectivity index (χ0) is 12.2. The van der Waals surface area contributed by atoms with E-state index in [0.717, 1.165) is 16.9 Å². The molecule has 0 aliphatic rings. The summed E-state index contributed by atoms with van der Waals surface area (Å²) in [7, 11) is 0. The number of aromatic amines is 2. The predicted octanol–water partition coefficient (Wildman–Crippen LogP) is 2.03. The van der Waals surface area contributed by atoms with Gasteiger partial charge in [-0.1, -0.05) is 0 Å². The standard InChI is InChI=1S/C13H11N5/c1-3-10(7-14-5-1)12-9-16-13(18-12)17-11-4-2-6-15-8-11/h1-9H,(H2,16,17,18)/p+1. The zero-order valence-electron chi connectivity index (χ0n) is 9.59. The van der Waals surface area contributed by atoms with Crippen molar-refractivity contribution < 1.29 is 4.98 Å². The lowest BCUT2D eigenvalue weighted by molar-refractivity contribution is -0.377. The number of hydrogen-bond donors (Lipinski definition) is 2. The Morgan fingerprint density at radius 3 is 2.94 bits per heavy atom. The minimum atomic E-state index is 0.696. The van der Waals surface area contributed by atoms with Gasteiger partial charge in [0.05, 0.1) is 29.3 Å². The van der Waals surface area contributed by atoms with E-state index in [9.17, 15) is 0 Å². The van der Waals surface area contributed by atoms with Crippen LogP contribution in [0.1, 0.15) is 0 Å². The highest BCUT2D eigenvalue weighted by Crippen LogP contribution is 2.18. The molecular formula is C13H12N5+. The molecule has 0 bridgehead atoms. The lowest BCUT2D eigenvalue weighted by Gasteiger charge is -2.00. The second kappa shape index (κ2) is 4.67. The van der Waals surface area contributed by atoms with Gasteiger partial charge in [0.2, 0.25) is 5.95 Å². The highest BCUT2D eigenvalue weighted by Gasteiger charge is 2.04. The summed E-state index contributed by atoms with van der Waals surface area (Å²) in [5.74, 6) is 0.696. The van der Waals surface area contributed by atoms with Crippen LogP contribution in [-0.2, 0) is 0 Å². The van der Waals surface area contributed by atoms with E-state index in [1.54, 1.807) is 18.6 Å². The largest absolute Gasteiger partial charge is 0.324 e. The van der Waals surface area contributed by atoms with Crippen molar-refractivity contribution in [2.24, 2.45) is 0 Å². The molecule has 0 atom stereocenters. The molecule has 88 valence electrons. The fourth-order valence-electron chi connectivity index (χ4n) is 1.67. The summed E-state index contributed by atoms with van der Waals surface area (Å²) in [5.41, 5.74) is 2.92. The molecule has 3 N–H and O–H groups in total. The van der Waals surface area contributed by atoms with Crippen LogP contribution in [0.15, 0.2) is 55.2 Å². The first kappa shape index (κ1) is 10.5. The van der Waals surface area contributed by atoms with Crippen molar-refractivity contribution in [2.75, 3.05) is 5.32 Å². The number of rotatable bonds is 3. The number of H-pyrrole nitrogens is 2. The lowest BCUT2D eigenvalue weighted by atomic mass is 10.2. The molecule has 0 saturated heterocycles. The predicted molar refractivity (Wildman–Crippen MR) is 68.1 cm³/mol. The molecular weight excluding hydrogens is 226 g/mol. The topological polar surface area (TPSA) is 67.7 Å². The van der Waals surface area contributed by atoms with Crippen LogP contribution in [0.4, 0.5) is 11.6 Å². The van der Waals surface area contributed by atoms with E-state index in [2.05, 4.69) is 25.3 Å². The third-order valence-electron chi connectivity index (χ3n) is 2.52. The molecule has 3 aromatic heterocycles. The quantitative estimate of drug-likeness (QED) is 0.733. The summed E-state index contributed by atoms with van der Waals surface area (Å²) in [4.78, 5) is 14.6. The molecule has 0 radical (unpaired) electrons. The summed E-state index contributed by atoms with van der Waals surface area (Å²) in [6.07, 6.45) is 9.06. The molecule has 3 rings (SSSR count). The molecule has 3 aromatic rings. The number of imidazole rings is 1. The minimum Gasteiger partial charge on any atom is -0.324 e. The summed E-state index contributed by atoms with van der Waals surface area (Å²) in [5, 5.41) is 3.15. The second-order valence-corrected chi connectivity index (χ2v) is 3.80. The maximum atomic E-state index is 4.28. The van der Waals surface area contributed by atoms with Crippen LogP contribution in [0, 0.1) is 0 Å². The van der Waals surface area contributed by atoms with Gasteiger partial charge < -0.3 is 10.3 Å². The Balaban J connectivity index is 1.82. The second-order valence-electron chi connectivity index (χ2n) is 3.80. The van der Waals surface area contributed by atoms with Crippen molar-refractivity contribution in [3.05, 3.63) is 55.2 Å². The maximum Gasteiger partial charge on any atom is 0.205 e. The van der Waals surface area contributed by atoms with Crippen molar-refractivity contribution in [1.82, 2.24) is 15.0 Å². The van der Waals surface area contributed by atoms with E-state index in [1.165, 1.54) is 0 Å². The van der Waals surface area contributed by atoms with Gasteiger partial charge in [0.15, 0.2) is 12.4 Å². The van der Waals surface area contributed by atoms with Crippen molar-refractivity contribution in [3.63, 3.8) is 0 Å². The number of nitrogens with one attached hydrogen (secondary N) is 3. The van der Waals surface area contributed by atoms with Gasteiger partial charge in [-0.3, -0.25) is 4.98 Å². The molecule has 0 aliphatic heterocycles. The average molecular weight is 238 g/mol. The third kappa shape index (κ3) is 2.20. The number of hydrogen-bond acceptors (Lipinski definition) is 3. The Morgan fingerprint density at radius 2 is 2.17 bits per heavy atom. The van der Waals surface area contributed by atoms with E-state index in [1.807, 2.05) is 36.7 Å². The van der Waals surface area contributed by atoms with E-state index in [-0.39, 0.29) is 0 Å². The van der Waals surface area contributed by atoms with Crippen LogP contribution in [0.25, 0.3) is 11.3 Å². The zero-order valence-corrected chi connectivity index (χ0v) is 9.59. The van der Waals surface area contributed by atoms with Crippen LogP contribution >= 0.6 is 0 Å². The lowest BCUT2D eigenvalue weighted by Crippen LogP contribution is -1.98. The Kier molecular flexibility index (Phi) is 2.71. The normalized spacial score (nSPS) is 10.2. The van der Waals surface area contributed by atoms with Crippen LogP contribution in [0.3, 0.4) is 0 Å². The summed E-state index contributed by atoms with van der Waals surface area (Å²) in [6, 6.07) is 7.77. The molecule has 3 heterocycles. The van der Waals surface area contributed by atoms with Crippen molar-refractivity contribution >= 4 is 11.6 Å². The Morgan fingerprint density at radius 1 is 1.17 bits per heavy atom. The number of anilines is 2. The van der Waals surface area contributed by atoms with Crippen molar-refractivity contribution in [3.8, 4) is 11.3 Å². The van der Waals surface area contributed by atoms with Crippen LogP contribution in [-0.4, -0.2) is 15.0 Å². The van der Waals surface area contributed by atoms with Gasteiger partial charge in [0.25, 0.3) is 0 Å². The fraction of sp³-hybridized carbons (Fsp3) is 0. The van der Waals surface area contributed by atoms with Crippen molar-refractivity contribution in [1.29, 1.82) is 0 Å². The highest BCUT2D eigenvalue weighted by molar-refractivity contribution is 5.60. The van der Waals surface area contributed by atoms with Crippen LogP contribution < -0.4 is 10.3 Å². The Bertz CT molecular complexity index is 618. The number of aromatic nitrogens is 4. The summed E-state index contributed by atoms with van der Waals surface area (Å²) < 4.78 is 0. The number of nitrogens with zero attached hydrogens (tertiary/aromatic N) is 2. The highest BCUT2D eigenvalue weighted by atomic mass is 15.1. The first-order valence-corrected chi connectivity index (χ1v) is 5.60. The fourth-order valence-corrected chi connectivity index (χ4v) is 1.67. The molecule has 18 heavy (non-hydrogen) atoms. The molecule has 0 aromatic carbocycles. The SMILES string of the molecule is c1cncc(Nc2ncc(-c3ccc[nH+]c3)[nH]2)c1. The van der Waals surface area contributed by atoms with Gasteiger partial charge in [-0.25, -0.2) is 9.97 Å². The Hall–Kier alpha value is -2.69. The van der Waals surface area contributed by atoms with Crippen LogP contribution in [0.2, 0.25) is 0 Å². The van der Waals surface area contributed by atoms with Gasteiger partial charge in [0.1, 0.15) is 0 Å². The number of pyridine rings is 2. The van der Waals surface area contributed by atoms with E-state index >= 15 is 0 Å². The molecule has 0 unspecified atom stereocenters.